The largest absolute Gasteiger partial charge is 0.393 e. The molecule has 0 aliphatic heterocycles. The van der Waals surface area contributed by atoms with E-state index in [2.05, 4.69) is 4.90 Å². The second kappa shape index (κ2) is 5.26. The van der Waals surface area contributed by atoms with E-state index < -0.39 is 0 Å². The fraction of sp³-hybridized carbons (Fsp3) is 0.917. The molecule has 0 heterocycles. The summed E-state index contributed by atoms with van der Waals surface area (Å²) in [6.07, 6.45) is 7.88. The number of nitrogens with zero attached hydrogens (tertiary/aromatic N) is 1. The first-order chi connectivity index (χ1) is 7.24. The third-order valence-corrected chi connectivity index (χ3v) is 3.53. The zero-order valence-electron chi connectivity index (χ0n) is 9.45. The van der Waals surface area contributed by atoms with E-state index in [0.717, 1.165) is 24.7 Å². The summed E-state index contributed by atoms with van der Waals surface area (Å²) in [7, 11) is 0. The zero-order chi connectivity index (χ0) is 10.7. The summed E-state index contributed by atoms with van der Waals surface area (Å²) >= 11 is 4.91. The summed E-state index contributed by atoms with van der Waals surface area (Å²) in [6, 6.07) is 0. The van der Waals surface area contributed by atoms with Crippen LogP contribution >= 0.6 is 12.2 Å². The van der Waals surface area contributed by atoms with Crippen molar-refractivity contribution in [3.63, 3.8) is 0 Å². The first-order valence-electron chi connectivity index (χ1n) is 6.24. The lowest BCUT2D eigenvalue weighted by atomic mass is 10.2. The monoisotopic (exact) mass is 226 g/mol. The Balaban J connectivity index is 1.63. The van der Waals surface area contributed by atoms with Gasteiger partial charge in [-0.15, -0.1) is 0 Å². The normalized spacial score (nSPS) is 20.9. The average molecular weight is 226 g/mol. The van der Waals surface area contributed by atoms with Crippen LogP contribution in [-0.2, 0) is 0 Å². The van der Waals surface area contributed by atoms with Crippen LogP contribution in [0.15, 0.2) is 0 Å². The predicted octanol–water partition coefficient (Wildman–Crippen LogP) is 2.17. The second-order valence-electron chi connectivity index (χ2n) is 5.22. The van der Waals surface area contributed by atoms with E-state index in [9.17, 15) is 0 Å². The fourth-order valence-corrected chi connectivity index (χ4v) is 2.21. The van der Waals surface area contributed by atoms with Crippen LogP contribution in [0.4, 0.5) is 0 Å². The average Bonchev–Trinajstić information content (AvgIpc) is 2.97. The van der Waals surface area contributed by atoms with E-state index >= 15 is 0 Å². The maximum absolute atomic E-state index is 5.52. The summed E-state index contributed by atoms with van der Waals surface area (Å²) in [5.41, 5.74) is 5.52. The molecule has 0 radical (unpaired) electrons. The first-order valence-corrected chi connectivity index (χ1v) is 6.65. The van der Waals surface area contributed by atoms with Gasteiger partial charge in [-0.3, -0.25) is 0 Å². The Labute approximate surface area is 98.2 Å². The third kappa shape index (κ3) is 4.94. The molecule has 2 aliphatic carbocycles. The number of rotatable bonds is 8. The Morgan fingerprint density at radius 1 is 1.13 bits per heavy atom. The lowest BCUT2D eigenvalue weighted by Crippen LogP contribution is -2.30. The van der Waals surface area contributed by atoms with Crippen molar-refractivity contribution < 1.29 is 0 Å². The molecule has 15 heavy (non-hydrogen) atoms. The van der Waals surface area contributed by atoms with Crippen LogP contribution in [0.3, 0.4) is 0 Å². The minimum absolute atomic E-state index is 0.674. The highest BCUT2D eigenvalue weighted by Gasteiger charge is 2.28. The molecular weight excluding hydrogens is 204 g/mol. The highest BCUT2D eigenvalue weighted by molar-refractivity contribution is 7.80. The van der Waals surface area contributed by atoms with E-state index in [-0.39, 0.29) is 0 Å². The molecule has 0 aromatic rings. The number of thiocarbonyl (C=S) groups is 1. The van der Waals surface area contributed by atoms with E-state index in [4.69, 9.17) is 18.0 Å². The molecule has 2 nitrogen and oxygen atoms in total. The number of hydrogen-bond acceptors (Lipinski definition) is 2. The van der Waals surface area contributed by atoms with Crippen LogP contribution in [0.1, 0.15) is 38.5 Å². The van der Waals surface area contributed by atoms with Gasteiger partial charge in [0, 0.05) is 13.1 Å². The van der Waals surface area contributed by atoms with Crippen LogP contribution in [0.5, 0.6) is 0 Å². The number of hydrogen-bond donors (Lipinski definition) is 1. The van der Waals surface area contributed by atoms with Crippen molar-refractivity contribution in [1.29, 1.82) is 0 Å². The van der Waals surface area contributed by atoms with Gasteiger partial charge >= 0.3 is 0 Å². The van der Waals surface area contributed by atoms with Crippen molar-refractivity contribution >= 4 is 17.2 Å². The van der Waals surface area contributed by atoms with Crippen LogP contribution in [0, 0.1) is 11.8 Å². The Kier molecular flexibility index (Phi) is 3.98. The maximum Gasteiger partial charge on any atom is 0.0727 e. The van der Waals surface area contributed by atoms with Gasteiger partial charge in [0.2, 0.25) is 0 Å². The molecule has 0 spiro atoms. The third-order valence-electron chi connectivity index (χ3n) is 3.32. The molecule has 0 unspecified atom stereocenters. The van der Waals surface area contributed by atoms with Gasteiger partial charge in [0.05, 0.1) is 4.99 Å². The molecule has 2 N–H and O–H groups in total. The second-order valence-corrected chi connectivity index (χ2v) is 5.74. The lowest BCUT2D eigenvalue weighted by Gasteiger charge is -2.21. The van der Waals surface area contributed by atoms with Gasteiger partial charge in [0.1, 0.15) is 0 Å². The van der Waals surface area contributed by atoms with E-state index in [1.807, 2.05) is 0 Å². The molecule has 3 heteroatoms. The van der Waals surface area contributed by atoms with Gasteiger partial charge in [-0.05, 0) is 56.9 Å². The minimum atomic E-state index is 0.674. The highest BCUT2D eigenvalue weighted by atomic mass is 32.1. The molecule has 2 rings (SSSR count). The Morgan fingerprint density at radius 2 is 1.67 bits per heavy atom. The van der Waals surface area contributed by atoms with E-state index in [1.54, 1.807) is 0 Å². The first kappa shape index (κ1) is 11.3. The van der Waals surface area contributed by atoms with E-state index in [0.29, 0.717) is 4.99 Å². The quantitative estimate of drug-likeness (QED) is 0.643. The molecule has 0 saturated heterocycles. The molecule has 0 aromatic heterocycles. The van der Waals surface area contributed by atoms with Crippen LogP contribution in [0.25, 0.3) is 0 Å². The minimum Gasteiger partial charge on any atom is -0.393 e. The van der Waals surface area contributed by atoms with Gasteiger partial charge in [-0.25, -0.2) is 0 Å². The SMILES string of the molecule is NC(=S)CCCN(CC1CC1)CC1CC1. The van der Waals surface area contributed by atoms with Gasteiger partial charge in [-0.2, -0.15) is 0 Å². The van der Waals surface area contributed by atoms with Crippen LogP contribution in [-0.4, -0.2) is 29.5 Å². The van der Waals surface area contributed by atoms with Crippen molar-refractivity contribution in [1.82, 2.24) is 4.90 Å². The number of nitrogens with two attached hydrogens (primary N) is 1. The molecular formula is C12H22N2S. The summed E-state index contributed by atoms with van der Waals surface area (Å²) in [4.78, 5) is 3.32. The maximum atomic E-state index is 5.52. The van der Waals surface area contributed by atoms with Crippen molar-refractivity contribution in [3.8, 4) is 0 Å². The molecule has 0 aromatic carbocycles. The smallest absolute Gasteiger partial charge is 0.0727 e. The highest BCUT2D eigenvalue weighted by Crippen LogP contribution is 2.33. The zero-order valence-corrected chi connectivity index (χ0v) is 10.3. The summed E-state index contributed by atoms with van der Waals surface area (Å²) in [5.74, 6) is 2.02. The molecule has 2 fully saturated rings. The fourth-order valence-electron chi connectivity index (χ4n) is 2.07. The lowest BCUT2D eigenvalue weighted by molar-refractivity contribution is 0.251. The summed E-state index contributed by atoms with van der Waals surface area (Å²) in [6.45, 7) is 3.85. The molecule has 86 valence electrons. The van der Waals surface area contributed by atoms with Crippen molar-refractivity contribution in [3.05, 3.63) is 0 Å². The molecule has 2 saturated carbocycles. The summed E-state index contributed by atoms with van der Waals surface area (Å²) < 4.78 is 0. The van der Waals surface area contributed by atoms with Crippen LogP contribution < -0.4 is 5.73 Å². The predicted molar refractivity (Wildman–Crippen MR) is 67.9 cm³/mol. The van der Waals surface area contributed by atoms with Gasteiger partial charge in [0.25, 0.3) is 0 Å². The molecule has 0 amide bonds. The topological polar surface area (TPSA) is 29.3 Å². The van der Waals surface area contributed by atoms with Crippen molar-refractivity contribution in [2.45, 2.75) is 38.5 Å². The Morgan fingerprint density at radius 3 is 2.07 bits per heavy atom. The Hall–Kier alpha value is -0.150. The summed E-state index contributed by atoms with van der Waals surface area (Å²) in [5, 5.41) is 0. The Bertz CT molecular complexity index is 208. The van der Waals surface area contributed by atoms with Crippen molar-refractivity contribution in [2.75, 3.05) is 19.6 Å². The molecule has 0 atom stereocenters. The molecule has 2 aliphatic rings. The van der Waals surface area contributed by atoms with Gasteiger partial charge in [0.15, 0.2) is 0 Å². The van der Waals surface area contributed by atoms with Crippen LogP contribution in [0.2, 0.25) is 0 Å². The van der Waals surface area contributed by atoms with Crippen molar-refractivity contribution in [2.24, 2.45) is 17.6 Å². The van der Waals surface area contributed by atoms with Gasteiger partial charge in [-0.1, -0.05) is 12.2 Å². The van der Waals surface area contributed by atoms with E-state index in [1.165, 1.54) is 45.3 Å². The molecule has 0 bridgehead atoms. The van der Waals surface area contributed by atoms with Gasteiger partial charge < -0.3 is 10.6 Å². The standard InChI is InChI=1S/C12H22N2S/c13-12(15)2-1-7-14(8-10-3-4-10)9-11-5-6-11/h10-11H,1-9H2,(H2,13,15).